The van der Waals surface area contributed by atoms with Gasteiger partial charge in [-0.25, -0.2) is 0 Å². The summed E-state index contributed by atoms with van der Waals surface area (Å²) in [5.74, 6) is 0.771. The molecule has 0 bridgehead atoms. The summed E-state index contributed by atoms with van der Waals surface area (Å²) in [6.45, 7) is 3.81. The first kappa shape index (κ1) is 20.1. The Labute approximate surface area is 183 Å². The third-order valence-electron chi connectivity index (χ3n) is 4.67. The van der Waals surface area contributed by atoms with Crippen LogP contribution in [0.4, 0.5) is 0 Å². The summed E-state index contributed by atoms with van der Waals surface area (Å²) in [6.07, 6.45) is 0. The van der Waals surface area contributed by atoms with Crippen LogP contribution >= 0.6 is 0 Å². The minimum atomic E-state index is -2.28. The fourth-order valence-corrected chi connectivity index (χ4v) is 3.87. The Balaban J connectivity index is 0.00000210. The zero-order valence-electron chi connectivity index (χ0n) is 15.5. The van der Waals surface area contributed by atoms with Crippen molar-refractivity contribution in [1.82, 2.24) is 0 Å². The molecule has 0 radical (unpaired) electrons. The molecule has 4 rings (SSSR count). The quantitative estimate of drug-likeness (QED) is 0.403. The van der Waals surface area contributed by atoms with Crippen molar-refractivity contribution in [2.75, 3.05) is 0 Å². The number of rotatable bonds is 3. The van der Waals surface area contributed by atoms with E-state index in [4.69, 9.17) is 4.42 Å². The van der Waals surface area contributed by atoms with E-state index in [9.17, 15) is 8.76 Å². The third-order valence-corrected chi connectivity index (χ3v) is 5.47. The Morgan fingerprint density at radius 2 is 1.52 bits per heavy atom. The maximum Gasteiger partial charge on any atom is 1.00 e. The van der Waals surface area contributed by atoms with E-state index in [0.29, 0.717) is 5.58 Å². The molecule has 27 heavy (non-hydrogen) atoms. The average Bonchev–Trinajstić information content (AvgIpc) is 2.97. The van der Waals surface area contributed by atoms with E-state index in [1.807, 2.05) is 49.4 Å². The molecule has 1 heterocycles. The zero-order chi connectivity index (χ0) is 18.3. The Morgan fingerprint density at radius 1 is 0.889 bits per heavy atom. The summed E-state index contributed by atoms with van der Waals surface area (Å²) in [5, 5.41) is 0.939. The number of benzene rings is 3. The van der Waals surface area contributed by atoms with Gasteiger partial charge >= 0.3 is 29.6 Å². The number of fused-ring (bicyclic) bond motifs is 1. The van der Waals surface area contributed by atoms with E-state index in [0.717, 1.165) is 39.0 Å². The van der Waals surface area contributed by atoms with Crippen molar-refractivity contribution in [3.8, 4) is 22.5 Å². The smallest absolute Gasteiger partial charge is 0.768 e. The molecule has 1 unspecified atom stereocenters. The van der Waals surface area contributed by atoms with Gasteiger partial charge in [-0.1, -0.05) is 54.6 Å². The van der Waals surface area contributed by atoms with Gasteiger partial charge in [-0.2, -0.15) is 0 Å². The minimum Gasteiger partial charge on any atom is -0.768 e. The molecule has 1 aromatic heterocycles. The fourth-order valence-electron chi connectivity index (χ4n) is 3.34. The predicted molar refractivity (Wildman–Crippen MR) is 104 cm³/mol. The molecule has 3 nitrogen and oxygen atoms in total. The van der Waals surface area contributed by atoms with Crippen LogP contribution in [0.25, 0.3) is 33.4 Å². The molecule has 0 saturated heterocycles. The summed E-state index contributed by atoms with van der Waals surface area (Å²) in [7, 11) is 0. The third kappa shape index (κ3) is 3.68. The molecule has 130 valence electrons. The van der Waals surface area contributed by atoms with Gasteiger partial charge in [-0.15, -0.1) is 0 Å². The number of furan rings is 1. The van der Waals surface area contributed by atoms with Crippen LogP contribution in [0.2, 0.25) is 0 Å². The van der Waals surface area contributed by atoms with E-state index in [-0.39, 0.29) is 34.5 Å². The van der Waals surface area contributed by atoms with Crippen molar-refractivity contribution >= 4 is 22.0 Å². The van der Waals surface area contributed by atoms with Crippen LogP contribution in [-0.4, -0.2) is 8.76 Å². The Hall–Kier alpha value is -1.69. The maximum absolute atomic E-state index is 11.4. The van der Waals surface area contributed by atoms with Crippen LogP contribution in [0.5, 0.6) is 0 Å². The Kier molecular flexibility index (Phi) is 6.04. The van der Waals surface area contributed by atoms with Gasteiger partial charge in [0.05, 0.1) is 0 Å². The number of hydrogen-bond acceptors (Lipinski definition) is 3. The topological polar surface area (TPSA) is 53.3 Å². The van der Waals surface area contributed by atoms with Gasteiger partial charge in [-0.05, 0) is 53.8 Å². The maximum atomic E-state index is 11.4. The molecule has 0 saturated carbocycles. The summed E-state index contributed by atoms with van der Waals surface area (Å²) >= 11 is -2.28. The molecule has 0 aliphatic carbocycles. The SMILES string of the molecule is Cc1cc2c(C)c(-c3ccccc3-c3ccccc3)oc2cc1S(=O)[O-].[Na+]. The van der Waals surface area contributed by atoms with Gasteiger partial charge < -0.3 is 8.97 Å². The minimum absolute atomic E-state index is 0. The van der Waals surface area contributed by atoms with Gasteiger partial charge in [0, 0.05) is 21.4 Å². The average molecular weight is 384 g/mol. The van der Waals surface area contributed by atoms with Gasteiger partial charge in [0.1, 0.15) is 11.3 Å². The zero-order valence-corrected chi connectivity index (χ0v) is 18.3. The van der Waals surface area contributed by atoms with E-state index in [1.165, 1.54) is 0 Å². The normalized spacial score (nSPS) is 12.0. The van der Waals surface area contributed by atoms with Gasteiger partial charge in [0.25, 0.3) is 0 Å². The Morgan fingerprint density at radius 3 is 2.19 bits per heavy atom. The van der Waals surface area contributed by atoms with Crippen molar-refractivity contribution < 1.29 is 42.7 Å². The van der Waals surface area contributed by atoms with Gasteiger partial charge in [0.15, 0.2) is 0 Å². The molecule has 0 aliphatic rings. The molecule has 0 aliphatic heterocycles. The monoisotopic (exact) mass is 384 g/mol. The second-order valence-electron chi connectivity index (χ2n) is 6.32. The first-order valence-electron chi connectivity index (χ1n) is 8.34. The molecule has 1 atom stereocenters. The van der Waals surface area contributed by atoms with E-state index in [1.54, 1.807) is 13.0 Å². The van der Waals surface area contributed by atoms with E-state index in [2.05, 4.69) is 18.2 Å². The second-order valence-corrected chi connectivity index (χ2v) is 7.23. The standard InChI is InChI=1S/C22H18O3S.Na/c1-14-12-19-15(2)22(25-20(19)13-21(14)26(23)24)18-11-7-6-10-17(18)16-8-4-3-5-9-16;/h3-13H,1-2H3,(H,23,24);/q;+1/p-1. The molecule has 3 aromatic carbocycles. The molecule has 0 amide bonds. The molecule has 0 spiro atoms. The van der Waals surface area contributed by atoms with Gasteiger partial charge in [-0.3, -0.25) is 4.21 Å². The van der Waals surface area contributed by atoms with Gasteiger partial charge in [0.2, 0.25) is 0 Å². The van der Waals surface area contributed by atoms with Crippen molar-refractivity contribution in [2.24, 2.45) is 0 Å². The van der Waals surface area contributed by atoms with Crippen LogP contribution in [0.1, 0.15) is 11.1 Å². The van der Waals surface area contributed by atoms with Crippen molar-refractivity contribution in [3.05, 3.63) is 77.9 Å². The molecule has 4 aromatic rings. The number of aryl methyl sites for hydroxylation is 2. The second kappa shape index (κ2) is 8.13. The van der Waals surface area contributed by atoms with Crippen LogP contribution in [-0.2, 0) is 11.1 Å². The number of hydrogen-bond donors (Lipinski definition) is 0. The van der Waals surface area contributed by atoms with Crippen molar-refractivity contribution in [1.29, 1.82) is 0 Å². The molecule has 0 N–H and O–H groups in total. The first-order chi connectivity index (χ1) is 12.6. The van der Waals surface area contributed by atoms with Crippen molar-refractivity contribution in [2.45, 2.75) is 18.7 Å². The predicted octanol–water partition coefficient (Wildman–Crippen LogP) is 2.63. The first-order valence-corrected chi connectivity index (χ1v) is 9.41. The van der Waals surface area contributed by atoms with Crippen LogP contribution in [0, 0.1) is 13.8 Å². The van der Waals surface area contributed by atoms with Crippen LogP contribution in [0.3, 0.4) is 0 Å². The molecule has 5 heteroatoms. The summed E-state index contributed by atoms with van der Waals surface area (Å²) in [4.78, 5) is 0.272. The fraction of sp³-hybridized carbons (Fsp3) is 0.0909. The largest absolute Gasteiger partial charge is 1.00 e. The van der Waals surface area contributed by atoms with Crippen LogP contribution in [0.15, 0.2) is 76.0 Å². The van der Waals surface area contributed by atoms with E-state index < -0.39 is 11.1 Å². The summed E-state index contributed by atoms with van der Waals surface area (Å²) < 4.78 is 29.0. The van der Waals surface area contributed by atoms with E-state index >= 15 is 0 Å². The summed E-state index contributed by atoms with van der Waals surface area (Å²) in [5.41, 5.74) is 5.51. The molecule has 0 fully saturated rings. The molecular weight excluding hydrogens is 367 g/mol. The Bertz CT molecular complexity index is 1130. The van der Waals surface area contributed by atoms with Crippen molar-refractivity contribution in [3.63, 3.8) is 0 Å². The molecular formula is C22H17NaO3S. The van der Waals surface area contributed by atoms with Crippen LogP contribution < -0.4 is 29.6 Å². The summed E-state index contributed by atoms with van der Waals surface area (Å²) in [6, 6.07) is 21.7.